The van der Waals surface area contributed by atoms with Crippen molar-refractivity contribution in [2.75, 3.05) is 0 Å². The predicted molar refractivity (Wildman–Crippen MR) is 31.8 cm³/mol. The van der Waals surface area contributed by atoms with Crippen molar-refractivity contribution < 1.29 is 0 Å². The summed E-state index contributed by atoms with van der Waals surface area (Å²) in [6, 6.07) is 1.81. The van der Waals surface area contributed by atoms with Gasteiger partial charge in [-0.3, -0.25) is 0 Å². The summed E-state index contributed by atoms with van der Waals surface area (Å²) in [5.74, 6) is 0. The molecule has 0 fully saturated rings. The SMILES string of the molecule is Cc1ccnnc1Cl. The average molecular weight is 129 g/mol. The zero-order valence-electron chi connectivity index (χ0n) is 4.43. The van der Waals surface area contributed by atoms with Crippen LogP contribution < -0.4 is 0 Å². The lowest BCUT2D eigenvalue weighted by Crippen LogP contribution is -1.81. The van der Waals surface area contributed by atoms with Crippen LogP contribution >= 0.6 is 11.6 Å². The number of rotatable bonds is 0. The Hall–Kier alpha value is -0.630. The normalized spacial score (nSPS) is 9.25. The van der Waals surface area contributed by atoms with Gasteiger partial charge in [-0.15, -0.1) is 5.10 Å². The number of hydrogen-bond acceptors (Lipinski definition) is 2. The van der Waals surface area contributed by atoms with E-state index in [1.54, 1.807) is 6.20 Å². The first-order valence-corrected chi connectivity index (χ1v) is 2.62. The van der Waals surface area contributed by atoms with Gasteiger partial charge in [0.25, 0.3) is 0 Å². The van der Waals surface area contributed by atoms with E-state index in [2.05, 4.69) is 10.2 Å². The third-order valence-corrected chi connectivity index (χ3v) is 1.24. The van der Waals surface area contributed by atoms with Crippen LogP contribution in [-0.4, -0.2) is 10.2 Å². The summed E-state index contributed by atoms with van der Waals surface area (Å²) in [5.41, 5.74) is 0.960. The van der Waals surface area contributed by atoms with Gasteiger partial charge in [0.1, 0.15) is 0 Å². The average Bonchev–Trinajstić information content (AvgIpc) is 1.77. The molecular weight excluding hydrogens is 124 g/mol. The molecule has 0 saturated heterocycles. The van der Waals surface area contributed by atoms with Crippen molar-refractivity contribution in [1.29, 1.82) is 0 Å². The highest BCUT2D eigenvalue weighted by Gasteiger charge is 1.89. The Morgan fingerprint density at radius 3 is 2.75 bits per heavy atom. The van der Waals surface area contributed by atoms with Gasteiger partial charge in [-0.25, -0.2) is 0 Å². The Labute approximate surface area is 52.5 Å². The van der Waals surface area contributed by atoms with Crippen molar-refractivity contribution in [3.05, 3.63) is 23.0 Å². The largest absolute Gasteiger partial charge is 0.158 e. The number of halogens is 1. The molecule has 1 rings (SSSR count). The lowest BCUT2D eigenvalue weighted by Gasteiger charge is -1.88. The molecule has 1 aromatic rings. The van der Waals surface area contributed by atoms with E-state index >= 15 is 0 Å². The summed E-state index contributed by atoms with van der Waals surface area (Å²) in [4.78, 5) is 0. The van der Waals surface area contributed by atoms with Gasteiger partial charge in [0.2, 0.25) is 0 Å². The summed E-state index contributed by atoms with van der Waals surface area (Å²) in [7, 11) is 0. The van der Waals surface area contributed by atoms with Gasteiger partial charge in [-0.2, -0.15) is 5.10 Å². The highest BCUT2D eigenvalue weighted by atomic mass is 35.5. The van der Waals surface area contributed by atoms with Gasteiger partial charge < -0.3 is 0 Å². The molecule has 0 saturated carbocycles. The zero-order chi connectivity index (χ0) is 5.98. The van der Waals surface area contributed by atoms with E-state index < -0.39 is 0 Å². The molecule has 8 heavy (non-hydrogen) atoms. The van der Waals surface area contributed by atoms with Crippen molar-refractivity contribution in [1.82, 2.24) is 10.2 Å². The molecule has 0 aliphatic carbocycles. The van der Waals surface area contributed by atoms with Crippen LogP contribution in [-0.2, 0) is 0 Å². The third-order valence-electron chi connectivity index (χ3n) is 0.862. The van der Waals surface area contributed by atoms with Crippen LogP contribution in [0.4, 0.5) is 0 Å². The van der Waals surface area contributed by atoms with Crippen molar-refractivity contribution in [2.45, 2.75) is 6.92 Å². The molecule has 0 aromatic carbocycles. The minimum Gasteiger partial charge on any atom is -0.158 e. The zero-order valence-corrected chi connectivity index (χ0v) is 5.18. The summed E-state index contributed by atoms with van der Waals surface area (Å²) < 4.78 is 0. The van der Waals surface area contributed by atoms with Crippen molar-refractivity contribution >= 4 is 11.6 Å². The molecule has 0 atom stereocenters. The maximum Gasteiger partial charge on any atom is 0.154 e. The molecule has 0 radical (unpaired) electrons. The first kappa shape index (κ1) is 5.51. The molecule has 2 nitrogen and oxygen atoms in total. The van der Waals surface area contributed by atoms with E-state index in [0.29, 0.717) is 5.15 Å². The number of nitrogens with zero attached hydrogens (tertiary/aromatic N) is 2. The number of aryl methyl sites for hydroxylation is 1. The van der Waals surface area contributed by atoms with Crippen molar-refractivity contribution in [3.63, 3.8) is 0 Å². The van der Waals surface area contributed by atoms with Crippen LogP contribution in [0.25, 0.3) is 0 Å². The predicted octanol–water partition coefficient (Wildman–Crippen LogP) is 1.44. The fraction of sp³-hybridized carbons (Fsp3) is 0.200. The maximum atomic E-state index is 5.54. The van der Waals surface area contributed by atoms with E-state index in [1.165, 1.54) is 0 Å². The Morgan fingerprint density at radius 2 is 2.38 bits per heavy atom. The van der Waals surface area contributed by atoms with Crippen LogP contribution in [0, 0.1) is 6.92 Å². The van der Waals surface area contributed by atoms with E-state index in [0.717, 1.165) is 5.56 Å². The highest BCUT2D eigenvalue weighted by molar-refractivity contribution is 6.30. The molecule has 0 unspecified atom stereocenters. The fourth-order valence-corrected chi connectivity index (χ4v) is 0.483. The Morgan fingerprint density at radius 1 is 1.62 bits per heavy atom. The van der Waals surface area contributed by atoms with Crippen LogP contribution in [0.1, 0.15) is 5.56 Å². The molecule has 3 heteroatoms. The topological polar surface area (TPSA) is 25.8 Å². The Kier molecular flexibility index (Phi) is 1.44. The standard InChI is InChI=1S/C5H5ClN2/c1-4-2-3-7-8-5(4)6/h2-3H,1H3. The molecule has 0 aliphatic heterocycles. The van der Waals surface area contributed by atoms with Crippen LogP contribution in [0.2, 0.25) is 5.15 Å². The van der Waals surface area contributed by atoms with Gasteiger partial charge in [-0.05, 0) is 18.6 Å². The molecule has 0 amide bonds. The minimum atomic E-state index is 0.479. The first-order chi connectivity index (χ1) is 3.80. The maximum absolute atomic E-state index is 5.54. The van der Waals surface area contributed by atoms with E-state index in [4.69, 9.17) is 11.6 Å². The smallest absolute Gasteiger partial charge is 0.154 e. The van der Waals surface area contributed by atoms with Gasteiger partial charge in [-0.1, -0.05) is 11.6 Å². The molecular formula is C5H5ClN2. The van der Waals surface area contributed by atoms with E-state index in [-0.39, 0.29) is 0 Å². The Bertz CT molecular complexity index is 167. The molecule has 1 aromatic heterocycles. The highest BCUT2D eigenvalue weighted by Crippen LogP contribution is 2.06. The third kappa shape index (κ3) is 0.954. The van der Waals surface area contributed by atoms with Crippen molar-refractivity contribution in [3.8, 4) is 0 Å². The molecule has 42 valence electrons. The van der Waals surface area contributed by atoms with Gasteiger partial charge in [0, 0.05) is 6.20 Å². The quantitative estimate of drug-likeness (QED) is 0.529. The summed E-state index contributed by atoms with van der Waals surface area (Å²) in [6.07, 6.45) is 1.61. The van der Waals surface area contributed by atoms with Crippen LogP contribution in [0.5, 0.6) is 0 Å². The summed E-state index contributed by atoms with van der Waals surface area (Å²) in [6.45, 7) is 1.89. The van der Waals surface area contributed by atoms with E-state index in [9.17, 15) is 0 Å². The van der Waals surface area contributed by atoms with Crippen LogP contribution in [0.3, 0.4) is 0 Å². The number of aromatic nitrogens is 2. The molecule has 0 bridgehead atoms. The van der Waals surface area contributed by atoms with Crippen LogP contribution in [0.15, 0.2) is 12.3 Å². The van der Waals surface area contributed by atoms with Gasteiger partial charge >= 0.3 is 0 Å². The second-order valence-corrected chi connectivity index (χ2v) is 1.86. The van der Waals surface area contributed by atoms with Gasteiger partial charge in [0.05, 0.1) is 0 Å². The van der Waals surface area contributed by atoms with Gasteiger partial charge in [0.15, 0.2) is 5.15 Å². The Balaban J connectivity index is 3.13. The fourth-order valence-electron chi connectivity index (χ4n) is 0.377. The second kappa shape index (κ2) is 2.09. The summed E-state index contributed by atoms with van der Waals surface area (Å²) in [5, 5.41) is 7.64. The summed E-state index contributed by atoms with van der Waals surface area (Å²) >= 11 is 5.54. The lowest BCUT2D eigenvalue weighted by molar-refractivity contribution is 1.02. The molecule has 0 N–H and O–H groups in total. The minimum absolute atomic E-state index is 0.479. The number of hydrogen-bond donors (Lipinski definition) is 0. The second-order valence-electron chi connectivity index (χ2n) is 1.51. The van der Waals surface area contributed by atoms with E-state index in [1.807, 2.05) is 13.0 Å². The molecule has 1 heterocycles. The molecule has 0 aliphatic rings. The van der Waals surface area contributed by atoms with Crippen molar-refractivity contribution in [2.24, 2.45) is 0 Å². The lowest BCUT2D eigenvalue weighted by atomic mass is 10.4. The first-order valence-electron chi connectivity index (χ1n) is 2.24. The monoisotopic (exact) mass is 128 g/mol. The molecule has 0 spiro atoms.